The quantitative estimate of drug-likeness (QED) is 0.858. The second kappa shape index (κ2) is 5.59. The highest BCUT2D eigenvalue weighted by Gasteiger charge is 2.23. The van der Waals surface area contributed by atoms with E-state index in [1.807, 2.05) is 0 Å². The smallest absolute Gasteiger partial charge is 0.256 e. The average Bonchev–Trinajstić information content (AvgIpc) is 2.53. The van der Waals surface area contributed by atoms with Crippen LogP contribution in [0.2, 0.25) is 10.0 Å². The van der Waals surface area contributed by atoms with Crippen molar-refractivity contribution in [2.24, 2.45) is 0 Å². The van der Waals surface area contributed by atoms with Gasteiger partial charge < -0.3 is 10.2 Å². The van der Waals surface area contributed by atoms with Crippen LogP contribution < -0.4 is 5.32 Å². The molecule has 1 N–H and O–H groups in total. The first-order valence-corrected chi connectivity index (χ1v) is 6.35. The maximum Gasteiger partial charge on any atom is 0.256 e. The number of nitrogens with one attached hydrogen (secondary N) is 1. The van der Waals surface area contributed by atoms with Gasteiger partial charge in [0.15, 0.2) is 0 Å². The molecule has 0 atom stereocenters. The van der Waals surface area contributed by atoms with E-state index in [1.165, 1.54) is 0 Å². The predicted molar refractivity (Wildman–Crippen MR) is 70.0 cm³/mol. The molecule has 4 nitrogen and oxygen atoms in total. The van der Waals surface area contributed by atoms with E-state index in [-0.39, 0.29) is 11.8 Å². The highest BCUT2D eigenvalue weighted by atomic mass is 35.5. The van der Waals surface area contributed by atoms with Gasteiger partial charge in [-0.2, -0.15) is 0 Å². The Hall–Kier alpha value is -1.26. The Kier molecular flexibility index (Phi) is 4.09. The molecule has 2 rings (SSSR count). The van der Waals surface area contributed by atoms with Crippen LogP contribution in [0.25, 0.3) is 0 Å². The second-order valence-electron chi connectivity index (χ2n) is 3.99. The molecule has 2 amide bonds. The van der Waals surface area contributed by atoms with Crippen LogP contribution in [-0.2, 0) is 4.79 Å². The van der Waals surface area contributed by atoms with Crippen LogP contribution in [-0.4, -0.2) is 36.3 Å². The van der Waals surface area contributed by atoms with Crippen LogP contribution in [0, 0.1) is 0 Å². The SMILES string of the molecule is O=C1CCN(C(=O)c2c(Cl)cccc2Cl)CCN1. The first kappa shape index (κ1) is 13.2. The molecule has 1 fully saturated rings. The van der Waals surface area contributed by atoms with Gasteiger partial charge in [-0.05, 0) is 12.1 Å². The van der Waals surface area contributed by atoms with Crippen molar-refractivity contribution in [3.63, 3.8) is 0 Å². The molecule has 0 spiro atoms. The van der Waals surface area contributed by atoms with Crippen LogP contribution in [0.15, 0.2) is 18.2 Å². The molecular formula is C12H12Cl2N2O2. The van der Waals surface area contributed by atoms with Gasteiger partial charge >= 0.3 is 0 Å². The molecule has 1 aliphatic heterocycles. The van der Waals surface area contributed by atoms with E-state index in [0.717, 1.165) is 0 Å². The number of carbonyl (C=O) groups is 2. The minimum absolute atomic E-state index is 0.0458. The lowest BCUT2D eigenvalue weighted by atomic mass is 10.2. The molecule has 1 aromatic carbocycles. The van der Waals surface area contributed by atoms with Gasteiger partial charge in [0.2, 0.25) is 5.91 Å². The molecular weight excluding hydrogens is 275 g/mol. The molecule has 0 bridgehead atoms. The van der Waals surface area contributed by atoms with Crippen molar-refractivity contribution >= 4 is 35.0 Å². The lowest BCUT2D eigenvalue weighted by molar-refractivity contribution is -0.120. The molecule has 1 aromatic rings. The molecule has 0 aliphatic carbocycles. The second-order valence-corrected chi connectivity index (χ2v) is 4.80. The van der Waals surface area contributed by atoms with Crippen LogP contribution >= 0.6 is 23.2 Å². The lowest BCUT2D eigenvalue weighted by Crippen LogP contribution is -2.34. The van der Waals surface area contributed by atoms with E-state index in [2.05, 4.69) is 5.32 Å². The van der Waals surface area contributed by atoms with Gasteiger partial charge in [0.05, 0.1) is 15.6 Å². The number of nitrogens with zero attached hydrogens (tertiary/aromatic N) is 1. The summed E-state index contributed by atoms with van der Waals surface area (Å²) in [6.07, 6.45) is 0.299. The summed E-state index contributed by atoms with van der Waals surface area (Å²) in [5, 5.41) is 3.37. The number of rotatable bonds is 1. The summed E-state index contributed by atoms with van der Waals surface area (Å²) in [4.78, 5) is 25.1. The molecule has 0 radical (unpaired) electrons. The third-order valence-electron chi connectivity index (χ3n) is 2.78. The highest BCUT2D eigenvalue weighted by molar-refractivity contribution is 6.39. The summed E-state index contributed by atoms with van der Waals surface area (Å²) >= 11 is 12.0. The molecule has 1 aliphatic rings. The fourth-order valence-corrected chi connectivity index (χ4v) is 2.39. The van der Waals surface area contributed by atoms with Crippen molar-refractivity contribution in [1.82, 2.24) is 10.2 Å². The molecule has 1 heterocycles. The molecule has 18 heavy (non-hydrogen) atoms. The largest absolute Gasteiger partial charge is 0.354 e. The Balaban J connectivity index is 2.23. The normalized spacial score (nSPS) is 16.1. The average molecular weight is 287 g/mol. The van der Waals surface area contributed by atoms with Crippen LogP contribution in [0.4, 0.5) is 0 Å². The van der Waals surface area contributed by atoms with Gasteiger partial charge in [-0.15, -0.1) is 0 Å². The molecule has 96 valence electrons. The summed E-state index contributed by atoms with van der Waals surface area (Å²) in [6.45, 7) is 1.30. The molecule has 0 aromatic heterocycles. The van der Waals surface area contributed by atoms with Gasteiger partial charge in [0.1, 0.15) is 0 Å². The number of hydrogen-bond acceptors (Lipinski definition) is 2. The van der Waals surface area contributed by atoms with Crippen molar-refractivity contribution in [3.05, 3.63) is 33.8 Å². The Bertz CT molecular complexity index is 471. The van der Waals surface area contributed by atoms with E-state index in [0.29, 0.717) is 41.7 Å². The Morgan fingerprint density at radius 1 is 1.22 bits per heavy atom. The van der Waals surface area contributed by atoms with Crippen LogP contribution in [0.5, 0.6) is 0 Å². The van der Waals surface area contributed by atoms with Gasteiger partial charge in [0, 0.05) is 26.1 Å². The minimum Gasteiger partial charge on any atom is -0.354 e. The van der Waals surface area contributed by atoms with Crippen LogP contribution in [0.3, 0.4) is 0 Å². The third-order valence-corrected chi connectivity index (χ3v) is 3.41. The predicted octanol–water partition coefficient (Wildman–Crippen LogP) is 1.96. The number of benzene rings is 1. The maximum atomic E-state index is 12.3. The summed E-state index contributed by atoms with van der Waals surface area (Å²) in [6, 6.07) is 4.94. The Morgan fingerprint density at radius 2 is 1.89 bits per heavy atom. The summed E-state index contributed by atoms with van der Waals surface area (Å²) in [5.74, 6) is -0.280. The topological polar surface area (TPSA) is 49.4 Å². The van der Waals surface area contributed by atoms with Crippen molar-refractivity contribution in [3.8, 4) is 0 Å². The zero-order chi connectivity index (χ0) is 13.1. The lowest BCUT2D eigenvalue weighted by Gasteiger charge is -2.20. The van der Waals surface area contributed by atoms with Crippen molar-refractivity contribution in [2.75, 3.05) is 19.6 Å². The third kappa shape index (κ3) is 2.76. The van der Waals surface area contributed by atoms with E-state index in [1.54, 1.807) is 23.1 Å². The first-order chi connectivity index (χ1) is 8.59. The molecule has 0 unspecified atom stereocenters. The van der Waals surface area contributed by atoms with Gasteiger partial charge in [0.25, 0.3) is 5.91 Å². The summed E-state index contributed by atoms with van der Waals surface area (Å²) < 4.78 is 0. The first-order valence-electron chi connectivity index (χ1n) is 5.59. The number of hydrogen-bond donors (Lipinski definition) is 1. The minimum atomic E-state index is -0.234. The fraction of sp³-hybridized carbons (Fsp3) is 0.333. The zero-order valence-electron chi connectivity index (χ0n) is 9.58. The number of amides is 2. The maximum absolute atomic E-state index is 12.3. The van der Waals surface area contributed by atoms with Gasteiger partial charge in [-0.3, -0.25) is 9.59 Å². The summed E-state index contributed by atoms with van der Waals surface area (Å²) in [7, 11) is 0. The zero-order valence-corrected chi connectivity index (χ0v) is 11.1. The van der Waals surface area contributed by atoms with E-state index in [4.69, 9.17) is 23.2 Å². The van der Waals surface area contributed by atoms with E-state index in [9.17, 15) is 9.59 Å². The van der Waals surface area contributed by atoms with Crippen LogP contribution in [0.1, 0.15) is 16.8 Å². The standard InChI is InChI=1S/C12H12Cl2N2O2/c13-8-2-1-3-9(14)11(8)12(18)16-6-4-10(17)15-5-7-16/h1-3H,4-7H2,(H,15,17). The monoisotopic (exact) mass is 286 g/mol. The Morgan fingerprint density at radius 3 is 2.56 bits per heavy atom. The number of halogens is 2. The van der Waals surface area contributed by atoms with Crippen molar-refractivity contribution in [2.45, 2.75) is 6.42 Å². The van der Waals surface area contributed by atoms with Crippen molar-refractivity contribution in [1.29, 1.82) is 0 Å². The van der Waals surface area contributed by atoms with E-state index >= 15 is 0 Å². The number of carbonyl (C=O) groups excluding carboxylic acids is 2. The fourth-order valence-electron chi connectivity index (χ4n) is 1.83. The molecule has 6 heteroatoms. The highest BCUT2D eigenvalue weighted by Crippen LogP contribution is 2.25. The molecule has 0 saturated carbocycles. The van der Waals surface area contributed by atoms with Gasteiger partial charge in [-0.1, -0.05) is 29.3 Å². The Labute approximate surface area is 115 Å². The van der Waals surface area contributed by atoms with E-state index < -0.39 is 0 Å². The van der Waals surface area contributed by atoms with Gasteiger partial charge in [-0.25, -0.2) is 0 Å². The summed E-state index contributed by atoms with van der Waals surface area (Å²) in [5.41, 5.74) is 0.301. The molecule has 1 saturated heterocycles. The van der Waals surface area contributed by atoms with Crippen molar-refractivity contribution < 1.29 is 9.59 Å².